The van der Waals surface area contributed by atoms with E-state index in [1.165, 1.54) is 19.1 Å². The molecule has 1 fully saturated rings. The topological polar surface area (TPSA) is 186 Å². The summed E-state index contributed by atoms with van der Waals surface area (Å²) in [7, 11) is 0. The highest BCUT2D eigenvalue weighted by molar-refractivity contribution is 6.05. The second-order valence-electron chi connectivity index (χ2n) is 7.71. The van der Waals surface area contributed by atoms with Gasteiger partial charge in [0.2, 0.25) is 12.1 Å². The van der Waals surface area contributed by atoms with E-state index in [4.69, 9.17) is 14.2 Å². The number of phenolic OH excluding ortho intramolecular Hbond substituents is 3. The van der Waals surface area contributed by atoms with E-state index in [1.807, 2.05) is 0 Å². The molecular weight excluding hydrogens is 428 g/mol. The molecule has 32 heavy (non-hydrogen) atoms. The van der Waals surface area contributed by atoms with Crippen molar-refractivity contribution in [2.24, 2.45) is 0 Å². The number of ether oxygens (including phenoxy) is 3. The molecule has 1 saturated heterocycles. The standard InChI is InChI=1S/C21H22O11/c1-7-15(25)17(27)19(29)21(30-7)32-12-3-2-8(4-10(12)23)20-18(28)16(26)14-11(24)5-9(22)6-13(14)31-20/h2-7,15,17-25,27-29H,1H3/t7-,15+,17-,18-,19-,20-,21+/m1/s1. The molecule has 2 aliphatic rings. The number of ketones is 1. The summed E-state index contributed by atoms with van der Waals surface area (Å²) in [5, 5.41) is 70.0. The smallest absolute Gasteiger partial charge is 0.229 e. The molecule has 7 atom stereocenters. The van der Waals surface area contributed by atoms with Gasteiger partial charge in [0.15, 0.2) is 23.7 Å². The number of hydrogen-bond acceptors (Lipinski definition) is 11. The van der Waals surface area contributed by atoms with Gasteiger partial charge < -0.3 is 50.0 Å². The summed E-state index contributed by atoms with van der Waals surface area (Å²) in [5.74, 6) is -2.43. The largest absolute Gasteiger partial charge is 0.508 e. The zero-order valence-electron chi connectivity index (χ0n) is 16.7. The number of Topliss-reactive ketones (excluding diaryl/α,β-unsaturated/α-hetero) is 1. The van der Waals surface area contributed by atoms with E-state index in [1.54, 1.807) is 0 Å². The van der Waals surface area contributed by atoms with Crippen LogP contribution < -0.4 is 9.47 Å². The molecule has 0 bridgehead atoms. The Balaban J connectivity index is 1.58. The Labute approximate surface area is 181 Å². The van der Waals surface area contributed by atoms with Crippen LogP contribution in [0.5, 0.6) is 28.7 Å². The van der Waals surface area contributed by atoms with E-state index < -0.39 is 60.2 Å². The van der Waals surface area contributed by atoms with Gasteiger partial charge >= 0.3 is 0 Å². The summed E-state index contributed by atoms with van der Waals surface area (Å²) in [6.07, 6.45) is -9.60. The fourth-order valence-electron chi connectivity index (χ4n) is 3.71. The minimum absolute atomic E-state index is 0.136. The summed E-state index contributed by atoms with van der Waals surface area (Å²) < 4.78 is 16.4. The molecule has 2 aromatic carbocycles. The molecule has 0 aliphatic carbocycles. The third-order valence-electron chi connectivity index (χ3n) is 5.48. The molecule has 0 aromatic heterocycles. The van der Waals surface area contributed by atoms with E-state index in [2.05, 4.69) is 0 Å². The van der Waals surface area contributed by atoms with Crippen LogP contribution in [0, 0.1) is 0 Å². The van der Waals surface area contributed by atoms with Crippen LogP contribution in [-0.2, 0) is 4.74 Å². The Morgan fingerprint density at radius 2 is 1.62 bits per heavy atom. The fourth-order valence-corrected chi connectivity index (χ4v) is 3.71. The third kappa shape index (κ3) is 3.70. The maximum absolute atomic E-state index is 12.5. The first-order valence-electron chi connectivity index (χ1n) is 9.72. The van der Waals surface area contributed by atoms with Gasteiger partial charge in [-0.1, -0.05) is 6.07 Å². The average molecular weight is 450 g/mol. The zero-order valence-corrected chi connectivity index (χ0v) is 16.7. The van der Waals surface area contributed by atoms with Gasteiger partial charge in [-0.15, -0.1) is 0 Å². The number of phenols is 3. The van der Waals surface area contributed by atoms with Gasteiger partial charge in [-0.2, -0.15) is 0 Å². The SMILES string of the molecule is C[C@H]1O[C@@H](Oc2ccc([C@H]3Oc4cc(O)cc(O)c4C(=O)[C@H]3O)cc2O)[C@H](O)[C@H](O)[C@H]1O. The molecule has 0 radical (unpaired) electrons. The number of aliphatic hydroxyl groups is 4. The molecule has 11 heteroatoms. The molecule has 4 rings (SSSR count). The number of rotatable bonds is 3. The molecule has 2 aliphatic heterocycles. The number of fused-ring (bicyclic) bond motifs is 1. The van der Waals surface area contributed by atoms with Crippen LogP contribution in [0.2, 0.25) is 0 Å². The van der Waals surface area contributed by atoms with Crippen molar-refractivity contribution >= 4 is 5.78 Å². The quantitative estimate of drug-likeness (QED) is 0.325. The van der Waals surface area contributed by atoms with Gasteiger partial charge in [-0.05, 0) is 24.6 Å². The van der Waals surface area contributed by atoms with Gasteiger partial charge in [0, 0.05) is 12.1 Å². The Morgan fingerprint density at radius 1 is 0.906 bits per heavy atom. The second kappa shape index (κ2) is 8.11. The van der Waals surface area contributed by atoms with Gasteiger partial charge in [-0.3, -0.25) is 4.79 Å². The van der Waals surface area contributed by atoms with E-state index in [9.17, 15) is 40.5 Å². The Bertz CT molecular complexity index is 1040. The van der Waals surface area contributed by atoms with E-state index in [-0.39, 0.29) is 28.4 Å². The summed E-state index contributed by atoms with van der Waals surface area (Å²) in [6.45, 7) is 1.48. The first-order chi connectivity index (χ1) is 15.1. The lowest BCUT2D eigenvalue weighted by Gasteiger charge is -2.39. The van der Waals surface area contributed by atoms with Gasteiger partial charge in [-0.25, -0.2) is 0 Å². The number of aliphatic hydroxyl groups excluding tert-OH is 4. The van der Waals surface area contributed by atoms with E-state index in [0.29, 0.717) is 0 Å². The Hall–Kier alpha value is -3.09. The first-order valence-corrected chi connectivity index (χ1v) is 9.72. The van der Waals surface area contributed by atoms with E-state index in [0.717, 1.165) is 18.2 Å². The van der Waals surface area contributed by atoms with Crippen LogP contribution >= 0.6 is 0 Å². The minimum atomic E-state index is -1.70. The predicted molar refractivity (Wildman–Crippen MR) is 105 cm³/mol. The first kappa shape index (κ1) is 22.1. The van der Waals surface area contributed by atoms with Gasteiger partial charge in [0.05, 0.1) is 6.10 Å². The molecule has 11 nitrogen and oxygen atoms in total. The number of benzene rings is 2. The van der Waals surface area contributed by atoms with E-state index >= 15 is 0 Å². The predicted octanol–water partition coefficient (Wildman–Crippen LogP) is -0.313. The number of carbonyl (C=O) groups excluding carboxylic acids is 1. The van der Waals surface area contributed by atoms with Crippen molar-refractivity contribution in [1.82, 2.24) is 0 Å². The lowest BCUT2D eigenvalue weighted by atomic mass is 9.92. The van der Waals surface area contributed by atoms with Crippen LogP contribution in [0.25, 0.3) is 0 Å². The van der Waals surface area contributed by atoms with Crippen LogP contribution in [0.15, 0.2) is 30.3 Å². The maximum atomic E-state index is 12.5. The molecule has 172 valence electrons. The molecule has 0 amide bonds. The summed E-state index contributed by atoms with van der Waals surface area (Å²) in [6, 6.07) is 5.89. The van der Waals surface area contributed by atoms with Crippen molar-refractivity contribution in [2.75, 3.05) is 0 Å². The molecule has 0 spiro atoms. The van der Waals surface area contributed by atoms with Crippen molar-refractivity contribution in [3.05, 3.63) is 41.5 Å². The molecule has 0 unspecified atom stereocenters. The second-order valence-corrected chi connectivity index (χ2v) is 7.71. The van der Waals surface area contributed by atoms with Crippen LogP contribution in [-0.4, -0.2) is 78.3 Å². The van der Waals surface area contributed by atoms with Crippen molar-refractivity contribution in [2.45, 2.75) is 49.8 Å². The normalized spacial score (nSPS) is 32.2. The van der Waals surface area contributed by atoms with Crippen LogP contribution in [0.1, 0.15) is 28.9 Å². The maximum Gasteiger partial charge on any atom is 0.229 e. The molecule has 2 heterocycles. The highest BCUT2D eigenvalue weighted by Gasteiger charge is 2.44. The van der Waals surface area contributed by atoms with Crippen molar-refractivity contribution < 1.29 is 54.8 Å². The monoisotopic (exact) mass is 450 g/mol. The lowest BCUT2D eigenvalue weighted by Crippen LogP contribution is -2.58. The van der Waals surface area contributed by atoms with Crippen LogP contribution in [0.4, 0.5) is 0 Å². The zero-order chi connectivity index (χ0) is 23.3. The summed E-state index contributed by atoms with van der Waals surface area (Å²) in [4.78, 5) is 12.5. The number of carbonyl (C=O) groups is 1. The van der Waals surface area contributed by atoms with Crippen molar-refractivity contribution in [3.63, 3.8) is 0 Å². The minimum Gasteiger partial charge on any atom is -0.508 e. The highest BCUT2D eigenvalue weighted by Crippen LogP contribution is 2.43. The van der Waals surface area contributed by atoms with Crippen molar-refractivity contribution in [1.29, 1.82) is 0 Å². The third-order valence-corrected chi connectivity index (χ3v) is 5.48. The number of hydrogen-bond donors (Lipinski definition) is 7. The molecular formula is C21H22O11. The Kier molecular flexibility index (Phi) is 5.61. The fraction of sp³-hybridized carbons (Fsp3) is 0.381. The Morgan fingerprint density at radius 3 is 2.31 bits per heavy atom. The molecule has 0 saturated carbocycles. The molecule has 2 aromatic rings. The van der Waals surface area contributed by atoms with Crippen molar-refractivity contribution in [3.8, 4) is 28.7 Å². The highest BCUT2D eigenvalue weighted by atomic mass is 16.7. The number of aromatic hydroxyl groups is 3. The summed E-state index contributed by atoms with van der Waals surface area (Å²) >= 11 is 0. The molecule has 7 N–H and O–H groups in total. The average Bonchev–Trinajstić information content (AvgIpc) is 2.73. The van der Waals surface area contributed by atoms with Gasteiger partial charge in [0.1, 0.15) is 41.1 Å². The van der Waals surface area contributed by atoms with Gasteiger partial charge in [0.25, 0.3) is 0 Å². The van der Waals surface area contributed by atoms with Crippen LogP contribution in [0.3, 0.4) is 0 Å². The lowest BCUT2D eigenvalue weighted by molar-refractivity contribution is -0.268. The summed E-state index contributed by atoms with van der Waals surface area (Å²) in [5.41, 5.74) is -0.0906.